The smallest absolute Gasteiger partial charge is 0.156 e. The summed E-state index contributed by atoms with van der Waals surface area (Å²) < 4.78 is 0. The second kappa shape index (κ2) is 7.54. The van der Waals surface area contributed by atoms with Crippen LogP contribution in [0.1, 0.15) is 80.1 Å². The molecule has 0 N–H and O–H groups in total. The third-order valence-electron chi connectivity index (χ3n) is 9.99. The van der Waals surface area contributed by atoms with Crippen molar-refractivity contribution in [3.63, 3.8) is 0 Å². The van der Waals surface area contributed by atoms with Gasteiger partial charge in [-0.1, -0.05) is 65.8 Å². The average molecular weight is 395 g/mol. The van der Waals surface area contributed by atoms with Gasteiger partial charge in [0.15, 0.2) is 5.78 Å². The largest absolute Gasteiger partial charge is 0.295 e. The molecular formula is C28H42O. The SMILES string of the molecule is CC(C)C(C)/C=C/[C@@H](C)C1CC[C@H]2[C@@H]3C=CC4=CC(=O)CC[C@]4(C)[C@H]3CC[C@]12C. The summed E-state index contributed by atoms with van der Waals surface area (Å²) in [6.45, 7) is 14.6. The van der Waals surface area contributed by atoms with Crippen LogP contribution in [0, 0.1) is 52.3 Å². The Morgan fingerprint density at radius 1 is 1.00 bits per heavy atom. The van der Waals surface area contributed by atoms with Crippen LogP contribution >= 0.6 is 0 Å². The molecule has 8 atom stereocenters. The maximum absolute atomic E-state index is 12.0. The molecule has 0 aromatic heterocycles. The molecular weight excluding hydrogens is 352 g/mol. The van der Waals surface area contributed by atoms with E-state index in [0.29, 0.717) is 29.0 Å². The lowest BCUT2D eigenvalue weighted by molar-refractivity contribution is -0.116. The highest BCUT2D eigenvalue weighted by Crippen LogP contribution is 2.66. The van der Waals surface area contributed by atoms with E-state index in [0.717, 1.165) is 36.5 Å². The molecule has 0 aliphatic heterocycles. The number of allylic oxidation sites excluding steroid dienone is 6. The first-order chi connectivity index (χ1) is 13.7. The van der Waals surface area contributed by atoms with Gasteiger partial charge < -0.3 is 0 Å². The predicted molar refractivity (Wildman–Crippen MR) is 122 cm³/mol. The van der Waals surface area contributed by atoms with Crippen LogP contribution in [0.5, 0.6) is 0 Å². The summed E-state index contributed by atoms with van der Waals surface area (Å²) in [6, 6.07) is 0. The second-order valence-corrected chi connectivity index (χ2v) is 11.7. The average Bonchev–Trinajstić information content (AvgIpc) is 3.03. The highest BCUT2D eigenvalue weighted by molar-refractivity contribution is 5.92. The van der Waals surface area contributed by atoms with Crippen molar-refractivity contribution in [3.05, 3.63) is 36.0 Å². The lowest BCUT2D eigenvalue weighted by Gasteiger charge is -2.56. The topological polar surface area (TPSA) is 17.1 Å². The van der Waals surface area contributed by atoms with Crippen molar-refractivity contribution in [2.45, 2.75) is 80.1 Å². The van der Waals surface area contributed by atoms with Gasteiger partial charge in [-0.2, -0.15) is 0 Å². The van der Waals surface area contributed by atoms with E-state index in [2.05, 4.69) is 65.8 Å². The maximum Gasteiger partial charge on any atom is 0.156 e. The molecule has 0 spiro atoms. The molecule has 1 nitrogen and oxygen atoms in total. The van der Waals surface area contributed by atoms with E-state index in [1.165, 1.54) is 31.3 Å². The lowest BCUT2D eigenvalue weighted by Crippen LogP contribution is -2.49. The van der Waals surface area contributed by atoms with Crippen LogP contribution in [0.4, 0.5) is 0 Å². The van der Waals surface area contributed by atoms with Crippen molar-refractivity contribution >= 4 is 5.78 Å². The number of hydrogen-bond acceptors (Lipinski definition) is 1. The Morgan fingerprint density at radius 2 is 1.76 bits per heavy atom. The van der Waals surface area contributed by atoms with Gasteiger partial charge in [0.05, 0.1) is 0 Å². The summed E-state index contributed by atoms with van der Waals surface area (Å²) in [7, 11) is 0. The van der Waals surface area contributed by atoms with Gasteiger partial charge in [-0.05, 0) is 96.0 Å². The van der Waals surface area contributed by atoms with Gasteiger partial charge in [-0.25, -0.2) is 0 Å². The second-order valence-electron chi connectivity index (χ2n) is 11.7. The van der Waals surface area contributed by atoms with Gasteiger partial charge in [0.25, 0.3) is 0 Å². The summed E-state index contributed by atoms with van der Waals surface area (Å²) in [4.78, 5) is 12.0. The molecule has 4 aliphatic carbocycles. The zero-order chi connectivity index (χ0) is 21.0. The van der Waals surface area contributed by atoms with Crippen molar-refractivity contribution in [2.75, 3.05) is 0 Å². The Labute approximate surface area is 179 Å². The number of hydrogen-bond donors (Lipinski definition) is 0. The Hall–Kier alpha value is -1.11. The molecule has 4 rings (SSSR count). The van der Waals surface area contributed by atoms with Crippen LogP contribution in [0.2, 0.25) is 0 Å². The minimum absolute atomic E-state index is 0.227. The van der Waals surface area contributed by atoms with Crippen LogP contribution in [0.3, 0.4) is 0 Å². The third-order valence-corrected chi connectivity index (χ3v) is 9.99. The minimum Gasteiger partial charge on any atom is -0.295 e. The van der Waals surface area contributed by atoms with Crippen LogP contribution in [-0.4, -0.2) is 5.78 Å². The minimum atomic E-state index is 0.227. The van der Waals surface area contributed by atoms with Crippen LogP contribution in [-0.2, 0) is 4.79 Å². The molecule has 160 valence electrons. The molecule has 4 aliphatic rings. The summed E-state index contributed by atoms with van der Waals surface area (Å²) in [5.41, 5.74) is 2.02. The van der Waals surface area contributed by atoms with E-state index >= 15 is 0 Å². The van der Waals surface area contributed by atoms with E-state index < -0.39 is 0 Å². The molecule has 0 radical (unpaired) electrons. The quantitative estimate of drug-likeness (QED) is 0.454. The monoisotopic (exact) mass is 394 g/mol. The Bertz CT molecular complexity index is 739. The number of fused-ring (bicyclic) bond motifs is 5. The molecule has 29 heavy (non-hydrogen) atoms. The fraction of sp³-hybridized carbons (Fsp3) is 0.750. The Kier molecular flexibility index (Phi) is 5.50. The molecule has 2 unspecified atom stereocenters. The normalized spacial score (nSPS) is 43.7. The fourth-order valence-corrected chi connectivity index (χ4v) is 7.61. The first-order valence-corrected chi connectivity index (χ1v) is 12.3. The van der Waals surface area contributed by atoms with Gasteiger partial charge in [0.1, 0.15) is 0 Å². The van der Waals surface area contributed by atoms with Crippen LogP contribution < -0.4 is 0 Å². The maximum atomic E-state index is 12.0. The Balaban J connectivity index is 1.57. The fourth-order valence-electron chi connectivity index (χ4n) is 7.61. The molecule has 0 heterocycles. The van der Waals surface area contributed by atoms with Gasteiger partial charge in [0, 0.05) is 6.42 Å². The first kappa shape index (κ1) is 21.1. The van der Waals surface area contributed by atoms with Crippen molar-refractivity contribution in [2.24, 2.45) is 52.3 Å². The van der Waals surface area contributed by atoms with E-state index in [4.69, 9.17) is 0 Å². The lowest BCUT2D eigenvalue weighted by atomic mass is 9.48. The van der Waals surface area contributed by atoms with Gasteiger partial charge in [-0.3, -0.25) is 4.79 Å². The Morgan fingerprint density at radius 3 is 2.48 bits per heavy atom. The predicted octanol–water partition coefficient (Wildman–Crippen LogP) is 7.39. The molecule has 0 aromatic carbocycles. The summed E-state index contributed by atoms with van der Waals surface area (Å²) >= 11 is 0. The van der Waals surface area contributed by atoms with Crippen molar-refractivity contribution in [1.29, 1.82) is 0 Å². The standard InChI is InChI=1S/C28H42O/c1-18(2)19(3)7-8-20(4)24-11-12-25-23-10-9-21-17-22(29)13-15-27(21,5)26(23)14-16-28(24,25)6/h7-10,17-20,23-26H,11-16H2,1-6H3/b8-7+/t19?,20-,23+,24?,25+,26+,27+,28-/m1/s1. The molecule has 2 fully saturated rings. The number of carbonyl (C=O) groups excluding carboxylic acids is 1. The van der Waals surface area contributed by atoms with Crippen molar-refractivity contribution in [3.8, 4) is 0 Å². The van der Waals surface area contributed by atoms with Crippen LogP contribution in [0.25, 0.3) is 0 Å². The van der Waals surface area contributed by atoms with Crippen LogP contribution in [0.15, 0.2) is 36.0 Å². The zero-order valence-corrected chi connectivity index (χ0v) is 19.6. The van der Waals surface area contributed by atoms with E-state index in [9.17, 15) is 4.79 Å². The molecule has 0 bridgehead atoms. The van der Waals surface area contributed by atoms with Gasteiger partial charge >= 0.3 is 0 Å². The van der Waals surface area contributed by atoms with E-state index in [1.54, 1.807) is 0 Å². The van der Waals surface area contributed by atoms with Crippen molar-refractivity contribution < 1.29 is 4.79 Å². The molecule has 2 saturated carbocycles. The molecule has 1 heteroatoms. The molecule has 0 saturated heterocycles. The number of rotatable bonds is 4. The summed E-state index contributed by atoms with van der Waals surface area (Å²) in [5, 5.41) is 0. The summed E-state index contributed by atoms with van der Waals surface area (Å²) in [5.74, 6) is 5.46. The number of ketones is 1. The molecule has 0 amide bonds. The highest BCUT2D eigenvalue weighted by atomic mass is 16.1. The van der Waals surface area contributed by atoms with Gasteiger partial charge in [-0.15, -0.1) is 0 Å². The third kappa shape index (κ3) is 3.41. The van der Waals surface area contributed by atoms with Gasteiger partial charge in [0.2, 0.25) is 0 Å². The molecule has 0 aromatic rings. The van der Waals surface area contributed by atoms with E-state index in [-0.39, 0.29) is 5.41 Å². The first-order valence-electron chi connectivity index (χ1n) is 12.3. The highest BCUT2D eigenvalue weighted by Gasteiger charge is 2.58. The van der Waals surface area contributed by atoms with Crippen molar-refractivity contribution in [1.82, 2.24) is 0 Å². The number of carbonyl (C=O) groups is 1. The van der Waals surface area contributed by atoms with E-state index in [1.807, 2.05) is 6.08 Å². The summed E-state index contributed by atoms with van der Waals surface area (Å²) in [6.07, 6.45) is 19.1. The zero-order valence-electron chi connectivity index (χ0n) is 19.6.